The topological polar surface area (TPSA) is 39.7 Å². The van der Waals surface area contributed by atoms with Crippen molar-refractivity contribution in [1.82, 2.24) is 5.32 Å². The molecule has 4 rings (SSSR count). The van der Waals surface area contributed by atoms with E-state index in [1.807, 2.05) is 6.07 Å². The highest BCUT2D eigenvalue weighted by atomic mass is 16.7. The van der Waals surface area contributed by atoms with E-state index in [9.17, 15) is 0 Å². The summed E-state index contributed by atoms with van der Waals surface area (Å²) < 4.78 is 17.1. The van der Waals surface area contributed by atoms with Crippen LogP contribution in [0.2, 0.25) is 0 Å². The average molecular weight is 430 g/mol. The molecule has 1 N–H and O–H groups in total. The lowest BCUT2D eigenvalue weighted by molar-refractivity contribution is 0.174. The van der Waals surface area contributed by atoms with Crippen molar-refractivity contribution in [3.63, 3.8) is 0 Å². The molecule has 1 heterocycles. The molecular formula is C28H31NO3. The number of ether oxygens (including phenoxy) is 3. The molecule has 0 aliphatic carbocycles. The molecule has 0 saturated heterocycles. The lowest BCUT2D eigenvalue weighted by Crippen LogP contribution is -2.27. The molecule has 3 aromatic carbocycles. The fourth-order valence-electron chi connectivity index (χ4n) is 3.96. The largest absolute Gasteiger partial charge is 0.492 e. The number of hydrogen-bond donors (Lipinski definition) is 1. The van der Waals surface area contributed by atoms with Crippen LogP contribution in [0.1, 0.15) is 43.9 Å². The van der Waals surface area contributed by atoms with Gasteiger partial charge in [-0.15, -0.1) is 0 Å². The van der Waals surface area contributed by atoms with Crippen molar-refractivity contribution in [1.29, 1.82) is 0 Å². The summed E-state index contributed by atoms with van der Waals surface area (Å²) in [4.78, 5) is 0. The van der Waals surface area contributed by atoms with Crippen LogP contribution < -0.4 is 19.5 Å². The van der Waals surface area contributed by atoms with Crippen molar-refractivity contribution in [3.8, 4) is 17.2 Å². The molecule has 0 bridgehead atoms. The Kier molecular flexibility index (Phi) is 7.13. The van der Waals surface area contributed by atoms with E-state index < -0.39 is 0 Å². The quantitative estimate of drug-likeness (QED) is 0.327. The Labute approximate surface area is 190 Å². The van der Waals surface area contributed by atoms with E-state index in [1.165, 1.54) is 22.3 Å². The summed E-state index contributed by atoms with van der Waals surface area (Å²) in [5.41, 5.74) is 6.00. The monoisotopic (exact) mass is 429 g/mol. The van der Waals surface area contributed by atoms with Gasteiger partial charge in [0, 0.05) is 12.6 Å². The van der Waals surface area contributed by atoms with E-state index in [-0.39, 0.29) is 6.79 Å². The number of rotatable bonds is 9. The third-order valence-corrected chi connectivity index (χ3v) is 5.51. The van der Waals surface area contributed by atoms with E-state index >= 15 is 0 Å². The van der Waals surface area contributed by atoms with Crippen LogP contribution in [0.4, 0.5) is 0 Å². The van der Waals surface area contributed by atoms with Crippen LogP contribution in [0.25, 0.3) is 11.1 Å². The van der Waals surface area contributed by atoms with Crippen molar-refractivity contribution in [2.75, 3.05) is 19.9 Å². The van der Waals surface area contributed by atoms with Gasteiger partial charge in [0.2, 0.25) is 6.79 Å². The maximum atomic E-state index is 5.91. The minimum atomic E-state index is 0.281. The van der Waals surface area contributed by atoms with Crippen LogP contribution in [0.5, 0.6) is 17.2 Å². The Hall–Kier alpha value is -3.24. The Morgan fingerprint density at radius 1 is 0.875 bits per heavy atom. The predicted octanol–water partition coefficient (Wildman–Crippen LogP) is 6.16. The number of nitrogens with one attached hydrogen (secondary N) is 1. The first-order valence-electron chi connectivity index (χ1n) is 11.3. The maximum Gasteiger partial charge on any atom is 0.231 e. The van der Waals surface area contributed by atoms with Gasteiger partial charge in [-0.05, 0) is 58.5 Å². The zero-order chi connectivity index (χ0) is 22.3. The summed E-state index contributed by atoms with van der Waals surface area (Å²) >= 11 is 0. The SMILES string of the molecule is CCC(=C(c1ccccc1)c1ccc(OCCNC(C)C)cc1)c1ccc2c(c1)OCO2. The van der Waals surface area contributed by atoms with Crippen molar-refractivity contribution >= 4 is 11.1 Å². The fraction of sp³-hybridized carbons (Fsp3) is 0.286. The first-order chi connectivity index (χ1) is 15.7. The summed E-state index contributed by atoms with van der Waals surface area (Å²) in [5.74, 6) is 2.49. The van der Waals surface area contributed by atoms with Gasteiger partial charge in [-0.25, -0.2) is 0 Å². The highest BCUT2D eigenvalue weighted by molar-refractivity contribution is 5.98. The van der Waals surface area contributed by atoms with Gasteiger partial charge in [0.05, 0.1) is 0 Å². The molecule has 0 unspecified atom stereocenters. The summed E-state index contributed by atoms with van der Waals surface area (Å²) in [6.45, 7) is 8.23. The summed E-state index contributed by atoms with van der Waals surface area (Å²) in [6, 6.07) is 25.6. The van der Waals surface area contributed by atoms with E-state index in [0.29, 0.717) is 12.6 Å². The summed E-state index contributed by atoms with van der Waals surface area (Å²) in [7, 11) is 0. The van der Waals surface area contributed by atoms with E-state index in [1.54, 1.807) is 0 Å². The second-order valence-corrected chi connectivity index (χ2v) is 8.12. The second-order valence-electron chi connectivity index (χ2n) is 8.12. The number of fused-ring (bicyclic) bond motifs is 1. The van der Waals surface area contributed by atoms with Crippen LogP contribution in [-0.2, 0) is 0 Å². The summed E-state index contributed by atoms with van der Waals surface area (Å²) in [5, 5.41) is 3.37. The highest BCUT2D eigenvalue weighted by Crippen LogP contribution is 2.39. The minimum absolute atomic E-state index is 0.281. The molecule has 0 saturated carbocycles. The zero-order valence-electron chi connectivity index (χ0n) is 19.1. The molecule has 4 heteroatoms. The lowest BCUT2D eigenvalue weighted by Gasteiger charge is -2.17. The fourth-order valence-corrected chi connectivity index (χ4v) is 3.96. The van der Waals surface area contributed by atoms with Crippen LogP contribution >= 0.6 is 0 Å². The first kappa shape index (κ1) is 22.0. The molecule has 0 fully saturated rings. The predicted molar refractivity (Wildman–Crippen MR) is 130 cm³/mol. The van der Waals surface area contributed by atoms with E-state index in [0.717, 1.165) is 35.8 Å². The molecule has 166 valence electrons. The van der Waals surface area contributed by atoms with Crippen LogP contribution in [0.3, 0.4) is 0 Å². The number of hydrogen-bond acceptors (Lipinski definition) is 4. The van der Waals surface area contributed by atoms with Gasteiger partial charge in [-0.2, -0.15) is 0 Å². The molecule has 4 nitrogen and oxygen atoms in total. The molecule has 0 aromatic heterocycles. The van der Waals surface area contributed by atoms with Gasteiger partial charge >= 0.3 is 0 Å². The number of benzene rings is 3. The summed E-state index contributed by atoms with van der Waals surface area (Å²) in [6.07, 6.45) is 0.892. The van der Waals surface area contributed by atoms with Crippen molar-refractivity contribution < 1.29 is 14.2 Å². The van der Waals surface area contributed by atoms with Crippen molar-refractivity contribution in [3.05, 3.63) is 89.5 Å². The Morgan fingerprint density at radius 3 is 2.28 bits per heavy atom. The molecule has 3 aromatic rings. The van der Waals surface area contributed by atoms with Gasteiger partial charge in [0.15, 0.2) is 11.5 Å². The van der Waals surface area contributed by atoms with Crippen LogP contribution in [-0.4, -0.2) is 26.0 Å². The first-order valence-corrected chi connectivity index (χ1v) is 11.3. The molecule has 32 heavy (non-hydrogen) atoms. The Balaban J connectivity index is 1.68. The third-order valence-electron chi connectivity index (χ3n) is 5.51. The van der Waals surface area contributed by atoms with Gasteiger partial charge in [-0.1, -0.05) is 69.3 Å². The van der Waals surface area contributed by atoms with Gasteiger partial charge in [-0.3, -0.25) is 0 Å². The standard InChI is InChI=1S/C28H31NO3/c1-4-25(23-12-15-26-27(18-23)32-19-31-26)28(21-8-6-5-7-9-21)22-10-13-24(14-11-22)30-17-16-29-20(2)3/h5-15,18,20,29H,4,16-17,19H2,1-3H3. The van der Waals surface area contributed by atoms with Crippen molar-refractivity contribution in [2.24, 2.45) is 0 Å². The second kappa shape index (κ2) is 10.4. The van der Waals surface area contributed by atoms with E-state index in [2.05, 4.69) is 92.8 Å². The third kappa shape index (κ3) is 5.14. The molecule has 1 aliphatic rings. The lowest BCUT2D eigenvalue weighted by atomic mass is 9.88. The highest BCUT2D eigenvalue weighted by Gasteiger charge is 2.18. The Bertz CT molecular complexity index is 1060. The zero-order valence-corrected chi connectivity index (χ0v) is 19.1. The molecule has 0 atom stereocenters. The van der Waals surface area contributed by atoms with Gasteiger partial charge < -0.3 is 19.5 Å². The molecule has 1 aliphatic heterocycles. The van der Waals surface area contributed by atoms with Gasteiger partial charge in [0.25, 0.3) is 0 Å². The normalized spacial score (nSPS) is 13.2. The van der Waals surface area contributed by atoms with E-state index in [4.69, 9.17) is 14.2 Å². The Morgan fingerprint density at radius 2 is 1.56 bits per heavy atom. The minimum Gasteiger partial charge on any atom is -0.492 e. The molecular weight excluding hydrogens is 398 g/mol. The average Bonchev–Trinajstić information content (AvgIpc) is 3.29. The smallest absolute Gasteiger partial charge is 0.231 e. The maximum absolute atomic E-state index is 5.91. The molecule has 0 amide bonds. The van der Waals surface area contributed by atoms with Crippen LogP contribution in [0, 0.1) is 0 Å². The van der Waals surface area contributed by atoms with Gasteiger partial charge in [0.1, 0.15) is 12.4 Å². The number of allylic oxidation sites excluding steroid dienone is 1. The molecule has 0 spiro atoms. The van der Waals surface area contributed by atoms with Crippen LogP contribution in [0.15, 0.2) is 72.8 Å². The van der Waals surface area contributed by atoms with Crippen molar-refractivity contribution in [2.45, 2.75) is 33.2 Å². The molecule has 0 radical (unpaired) electrons.